The lowest BCUT2D eigenvalue weighted by atomic mass is 9.96. The highest BCUT2D eigenvalue weighted by Gasteiger charge is 2.42. The number of halogens is 1. The zero-order valence-corrected chi connectivity index (χ0v) is 8.39. The Morgan fingerprint density at radius 1 is 1.43 bits per heavy atom. The smallest absolute Gasteiger partial charge is 0.126 e. The van der Waals surface area contributed by atoms with Crippen LogP contribution in [-0.2, 0) is 6.42 Å². The summed E-state index contributed by atoms with van der Waals surface area (Å²) in [5.74, 6) is -0.135. The monoisotopic (exact) mass is 194 g/mol. The molecule has 2 rings (SSSR count). The number of hydrogen-bond donors (Lipinski definition) is 1. The lowest BCUT2D eigenvalue weighted by molar-refractivity contribution is 0.210. The van der Waals surface area contributed by atoms with Gasteiger partial charge >= 0.3 is 0 Å². The van der Waals surface area contributed by atoms with E-state index in [-0.39, 0.29) is 17.8 Å². The third kappa shape index (κ3) is 1.80. The van der Waals surface area contributed by atoms with Crippen molar-refractivity contribution in [3.63, 3.8) is 0 Å². The highest BCUT2D eigenvalue weighted by molar-refractivity contribution is 5.25. The molecule has 0 amide bonds. The van der Waals surface area contributed by atoms with Gasteiger partial charge in [0.05, 0.1) is 0 Å². The maximum atomic E-state index is 13.5. The van der Waals surface area contributed by atoms with Crippen LogP contribution in [0.2, 0.25) is 0 Å². The average molecular weight is 194 g/mol. The first-order valence-corrected chi connectivity index (χ1v) is 5.01. The average Bonchev–Trinajstić information content (AvgIpc) is 2.91. The minimum absolute atomic E-state index is 0.00387. The van der Waals surface area contributed by atoms with Gasteiger partial charge in [-0.25, -0.2) is 4.39 Å². The quantitative estimate of drug-likeness (QED) is 0.783. The van der Waals surface area contributed by atoms with Crippen molar-refractivity contribution in [2.24, 2.45) is 5.41 Å². The molecule has 0 saturated heterocycles. The van der Waals surface area contributed by atoms with Crippen molar-refractivity contribution >= 4 is 0 Å². The largest absolute Gasteiger partial charge is 0.396 e. The minimum Gasteiger partial charge on any atom is -0.396 e. The van der Waals surface area contributed by atoms with Gasteiger partial charge in [0, 0.05) is 6.61 Å². The van der Waals surface area contributed by atoms with Crippen LogP contribution in [0.4, 0.5) is 4.39 Å². The zero-order valence-electron chi connectivity index (χ0n) is 8.39. The fourth-order valence-corrected chi connectivity index (χ4v) is 1.77. The molecule has 1 aromatic carbocycles. The first-order valence-electron chi connectivity index (χ1n) is 5.01. The minimum atomic E-state index is -0.135. The molecule has 0 aliphatic heterocycles. The lowest BCUT2D eigenvalue weighted by Gasteiger charge is -2.12. The Balaban J connectivity index is 2.17. The molecular weight excluding hydrogens is 179 g/mol. The van der Waals surface area contributed by atoms with Crippen LogP contribution in [-0.4, -0.2) is 11.7 Å². The van der Waals surface area contributed by atoms with Crippen molar-refractivity contribution in [3.8, 4) is 0 Å². The normalized spacial score (nSPS) is 18.2. The lowest BCUT2D eigenvalue weighted by Crippen LogP contribution is -2.11. The van der Waals surface area contributed by atoms with Crippen LogP contribution in [0.5, 0.6) is 0 Å². The van der Waals surface area contributed by atoms with E-state index in [1.54, 1.807) is 6.07 Å². The van der Waals surface area contributed by atoms with Gasteiger partial charge in [-0.3, -0.25) is 0 Å². The summed E-state index contributed by atoms with van der Waals surface area (Å²) in [6, 6.07) is 5.31. The van der Waals surface area contributed by atoms with E-state index in [2.05, 4.69) is 0 Å². The van der Waals surface area contributed by atoms with Gasteiger partial charge in [0.25, 0.3) is 0 Å². The van der Waals surface area contributed by atoms with E-state index < -0.39 is 0 Å². The van der Waals surface area contributed by atoms with E-state index in [1.165, 1.54) is 0 Å². The third-order valence-electron chi connectivity index (χ3n) is 3.07. The van der Waals surface area contributed by atoms with Crippen molar-refractivity contribution in [1.29, 1.82) is 0 Å². The molecule has 0 atom stereocenters. The highest BCUT2D eigenvalue weighted by atomic mass is 19.1. The number of benzene rings is 1. The summed E-state index contributed by atoms with van der Waals surface area (Å²) in [6.07, 6.45) is 2.73. The molecule has 0 radical (unpaired) electrons. The van der Waals surface area contributed by atoms with Gasteiger partial charge in [0.1, 0.15) is 5.82 Å². The molecule has 0 unspecified atom stereocenters. The van der Waals surface area contributed by atoms with E-state index >= 15 is 0 Å². The van der Waals surface area contributed by atoms with E-state index in [9.17, 15) is 4.39 Å². The Bertz CT molecular complexity index is 342. The maximum Gasteiger partial charge on any atom is 0.126 e. The van der Waals surface area contributed by atoms with Gasteiger partial charge in [0.15, 0.2) is 0 Å². The second-order valence-electron chi connectivity index (χ2n) is 4.43. The molecule has 1 N–H and O–H groups in total. The number of aliphatic hydroxyl groups excluding tert-OH is 1. The van der Waals surface area contributed by atoms with E-state index in [0.717, 1.165) is 24.0 Å². The Kier molecular flexibility index (Phi) is 2.31. The number of aryl methyl sites for hydroxylation is 1. The Hall–Kier alpha value is -0.890. The van der Waals surface area contributed by atoms with Gasteiger partial charge in [-0.2, -0.15) is 0 Å². The third-order valence-corrected chi connectivity index (χ3v) is 3.07. The Morgan fingerprint density at radius 3 is 2.64 bits per heavy atom. The SMILES string of the molecule is Cc1ccc(CC2(CO)CC2)c(F)c1. The van der Waals surface area contributed by atoms with Crippen molar-refractivity contribution in [3.05, 3.63) is 35.1 Å². The standard InChI is InChI=1S/C12H15FO/c1-9-2-3-10(11(13)6-9)7-12(8-14)4-5-12/h2-3,6,14H,4-5,7-8H2,1H3. The molecule has 0 heterocycles. The molecule has 76 valence electrons. The van der Waals surface area contributed by atoms with Crippen molar-refractivity contribution in [2.45, 2.75) is 26.2 Å². The molecule has 1 aliphatic rings. The first kappa shape index (κ1) is 9.66. The molecule has 1 nitrogen and oxygen atoms in total. The van der Waals surface area contributed by atoms with Crippen LogP contribution in [0.1, 0.15) is 24.0 Å². The molecule has 0 spiro atoms. The van der Waals surface area contributed by atoms with Crippen molar-refractivity contribution in [1.82, 2.24) is 0 Å². The summed E-state index contributed by atoms with van der Waals surface area (Å²) in [7, 11) is 0. The number of hydrogen-bond acceptors (Lipinski definition) is 1. The number of aliphatic hydroxyl groups is 1. The Labute approximate surface area is 83.6 Å². The van der Waals surface area contributed by atoms with Crippen LogP contribution >= 0.6 is 0 Å². The fraction of sp³-hybridized carbons (Fsp3) is 0.500. The second kappa shape index (κ2) is 3.35. The molecule has 1 aliphatic carbocycles. The van der Waals surface area contributed by atoms with E-state index in [0.29, 0.717) is 6.42 Å². The molecule has 0 bridgehead atoms. The number of rotatable bonds is 3. The second-order valence-corrected chi connectivity index (χ2v) is 4.43. The predicted octanol–water partition coefficient (Wildman–Crippen LogP) is 2.45. The molecule has 0 aromatic heterocycles. The van der Waals surface area contributed by atoms with Gasteiger partial charge in [-0.15, -0.1) is 0 Å². The summed E-state index contributed by atoms with van der Waals surface area (Å²) >= 11 is 0. The van der Waals surface area contributed by atoms with Gasteiger partial charge < -0.3 is 5.11 Å². The molecule has 1 aromatic rings. The molecule has 14 heavy (non-hydrogen) atoms. The Morgan fingerprint density at radius 2 is 2.14 bits per heavy atom. The molecule has 1 saturated carbocycles. The van der Waals surface area contributed by atoms with Crippen LogP contribution in [0.3, 0.4) is 0 Å². The summed E-state index contributed by atoms with van der Waals surface area (Å²) < 4.78 is 13.5. The summed E-state index contributed by atoms with van der Waals surface area (Å²) in [6.45, 7) is 2.06. The van der Waals surface area contributed by atoms with Gasteiger partial charge in [-0.1, -0.05) is 12.1 Å². The topological polar surface area (TPSA) is 20.2 Å². The summed E-state index contributed by atoms with van der Waals surface area (Å²) in [5, 5.41) is 9.14. The van der Waals surface area contributed by atoms with Crippen LogP contribution < -0.4 is 0 Å². The van der Waals surface area contributed by atoms with E-state index in [1.807, 2.05) is 19.1 Å². The van der Waals surface area contributed by atoms with Crippen molar-refractivity contribution in [2.75, 3.05) is 6.61 Å². The molecular formula is C12H15FO. The van der Waals surface area contributed by atoms with E-state index in [4.69, 9.17) is 5.11 Å². The highest BCUT2D eigenvalue weighted by Crippen LogP contribution is 2.48. The fourth-order valence-electron chi connectivity index (χ4n) is 1.77. The zero-order chi connectivity index (χ0) is 10.2. The van der Waals surface area contributed by atoms with Crippen molar-refractivity contribution < 1.29 is 9.50 Å². The molecule has 1 fully saturated rings. The summed E-state index contributed by atoms with van der Waals surface area (Å²) in [5.41, 5.74) is 1.68. The van der Waals surface area contributed by atoms with Gasteiger partial charge in [0.2, 0.25) is 0 Å². The van der Waals surface area contributed by atoms with Crippen LogP contribution in [0.25, 0.3) is 0 Å². The summed E-state index contributed by atoms with van der Waals surface area (Å²) in [4.78, 5) is 0. The van der Waals surface area contributed by atoms with Gasteiger partial charge in [-0.05, 0) is 48.8 Å². The van der Waals surface area contributed by atoms with Crippen LogP contribution in [0, 0.1) is 18.2 Å². The first-order chi connectivity index (χ1) is 6.65. The maximum absolute atomic E-state index is 13.5. The molecule has 2 heteroatoms. The van der Waals surface area contributed by atoms with Crippen LogP contribution in [0.15, 0.2) is 18.2 Å². The predicted molar refractivity (Wildman–Crippen MR) is 53.6 cm³/mol.